The molecule has 1 atom stereocenters. The highest BCUT2D eigenvalue weighted by Crippen LogP contribution is 2.44. The fourth-order valence-corrected chi connectivity index (χ4v) is 5.10. The molecule has 1 heterocycles. The second-order valence-corrected chi connectivity index (χ2v) is 9.81. The maximum absolute atomic E-state index is 12.8. The van der Waals surface area contributed by atoms with Crippen LogP contribution in [-0.4, -0.2) is 18.4 Å². The van der Waals surface area contributed by atoms with Gasteiger partial charge in [0, 0.05) is 10.4 Å². The van der Waals surface area contributed by atoms with E-state index < -0.39 is 5.91 Å². The molecule has 0 fully saturated rings. The van der Waals surface area contributed by atoms with Crippen LogP contribution in [0, 0.1) is 11.3 Å². The van der Waals surface area contributed by atoms with Gasteiger partial charge in [-0.05, 0) is 66.8 Å². The number of anilines is 1. The Kier molecular flexibility index (Phi) is 6.32. The number of hydrogen-bond donors (Lipinski definition) is 2. The quantitative estimate of drug-likeness (QED) is 0.695. The Bertz CT molecular complexity index is 894. The van der Waals surface area contributed by atoms with Crippen molar-refractivity contribution in [2.75, 3.05) is 11.9 Å². The first-order valence-electron chi connectivity index (χ1n) is 10.2. The molecule has 0 saturated heterocycles. The third kappa shape index (κ3) is 4.81. The van der Waals surface area contributed by atoms with Gasteiger partial charge in [0.1, 0.15) is 10.8 Å². The van der Waals surface area contributed by atoms with Crippen LogP contribution in [0.5, 0.6) is 5.75 Å². The van der Waals surface area contributed by atoms with Crippen LogP contribution in [0.25, 0.3) is 0 Å². The summed E-state index contributed by atoms with van der Waals surface area (Å²) in [5.74, 6) is 0.561. The number of thiophene rings is 1. The van der Waals surface area contributed by atoms with Crippen molar-refractivity contribution in [3.63, 3.8) is 0 Å². The first-order chi connectivity index (χ1) is 13.7. The number of carbonyl (C=O) groups excluding carboxylic acids is 2. The predicted molar refractivity (Wildman–Crippen MR) is 118 cm³/mol. The average Bonchev–Trinajstić information content (AvgIpc) is 3.03. The molecule has 0 bridgehead atoms. The number of nitrogens with two attached hydrogens (primary N) is 1. The lowest BCUT2D eigenvalue weighted by Gasteiger charge is -2.33. The topological polar surface area (TPSA) is 81.4 Å². The number of rotatable bonds is 6. The van der Waals surface area contributed by atoms with Gasteiger partial charge in [-0.2, -0.15) is 0 Å². The molecule has 1 aromatic carbocycles. The molecule has 1 aliphatic carbocycles. The Morgan fingerprint density at radius 3 is 2.52 bits per heavy atom. The van der Waals surface area contributed by atoms with Crippen molar-refractivity contribution in [3.05, 3.63) is 45.8 Å². The maximum atomic E-state index is 12.8. The van der Waals surface area contributed by atoms with Crippen LogP contribution in [-0.2, 0) is 12.8 Å². The summed E-state index contributed by atoms with van der Waals surface area (Å²) in [4.78, 5) is 26.1. The normalized spacial score (nSPS) is 16.2. The average molecular weight is 415 g/mol. The molecule has 2 aromatic rings. The van der Waals surface area contributed by atoms with E-state index in [0.717, 1.165) is 37.0 Å². The third-order valence-electron chi connectivity index (χ3n) is 5.55. The summed E-state index contributed by atoms with van der Waals surface area (Å²) >= 11 is 1.49. The van der Waals surface area contributed by atoms with Crippen LogP contribution in [0.4, 0.5) is 5.00 Å². The standard InChI is InChI=1S/C23H30N2O3S/c1-5-12-28-16-9-6-14(7-10-16)21(27)25-22-19(20(24)26)17-11-8-15(23(2,3)4)13-18(17)29-22/h6-7,9-10,15H,5,8,11-13H2,1-4H3,(H2,24,26)(H,25,27)/t15-/m1/s1. The van der Waals surface area contributed by atoms with E-state index in [1.807, 2.05) is 6.92 Å². The van der Waals surface area contributed by atoms with Crippen molar-refractivity contribution in [3.8, 4) is 5.75 Å². The Morgan fingerprint density at radius 2 is 1.93 bits per heavy atom. The van der Waals surface area contributed by atoms with Crippen LogP contribution in [0.15, 0.2) is 24.3 Å². The zero-order valence-corrected chi connectivity index (χ0v) is 18.4. The van der Waals surface area contributed by atoms with Gasteiger partial charge >= 0.3 is 0 Å². The highest BCUT2D eigenvalue weighted by Gasteiger charge is 2.33. The molecule has 3 N–H and O–H groups in total. The number of benzene rings is 1. The molecule has 0 unspecified atom stereocenters. The number of amides is 2. The first-order valence-corrected chi connectivity index (χ1v) is 11.0. The summed E-state index contributed by atoms with van der Waals surface area (Å²) in [6.45, 7) is 9.44. The fraction of sp³-hybridized carbons (Fsp3) is 0.478. The van der Waals surface area contributed by atoms with E-state index in [1.54, 1.807) is 24.3 Å². The summed E-state index contributed by atoms with van der Waals surface area (Å²) in [5.41, 5.74) is 7.90. The molecule has 0 saturated carbocycles. The van der Waals surface area contributed by atoms with E-state index in [1.165, 1.54) is 16.2 Å². The smallest absolute Gasteiger partial charge is 0.256 e. The minimum atomic E-state index is -0.477. The van der Waals surface area contributed by atoms with E-state index in [4.69, 9.17) is 10.5 Å². The van der Waals surface area contributed by atoms with Gasteiger partial charge in [-0.25, -0.2) is 0 Å². The van der Waals surface area contributed by atoms with E-state index in [0.29, 0.717) is 28.7 Å². The van der Waals surface area contributed by atoms with Crippen LogP contribution >= 0.6 is 11.3 Å². The lowest BCUT2D eigenvalue weighted by atomic mass is 9.72. The second-order valence-electron chi connectivity index (χ2n) is 8.70. The highest BCUT2D eigenvalue weighted by atomic mass is 32.1. The minimum Gasteiger partial charge on any atom is -0.494 e. The first kappa shape index (κ1) is 21.4. The summed E-state index contributed by atoms with van der Waals surface area (Å²) < 4.78 is 5.56. The zero-order valence-electron chi connectivity index (χ0n) is 17.6. The van der Waals surface area contributed by atoms with Crippen molar-refractivity contribution in [1.29, 1.82) is 0 Å². The number of nitrogens with one attached hydrogen (secondary N) is 1. The highest BCUT2D eigenvalue weighted by molar-refractivity contribution is 7.17. The third-order valence-corrected chi connectivity index (χ3v) is 6.72. The Morgan fingerprint density at radius 1 is 1.24 bits per heavy atom. The van der Waals surface area contributed by atoms with Crippen LogP contribution in [0.2, 0.25) is 0 Å². The fourth-order valence-electron chi connectivity index (χ4n) is 3.77. The molecule has 2 amide bonds. The van der Waals surface area contributed by atoms with E-state index in [2.05, 4.69) is 26.1 Å². The Hall–Kier alpha value is -2.34. The van der Waals surface area contributed by atoms with Gasteiger partial charge in [0.05, 0.1) is 12.2 Å². The molecule has 156 valence electrons. The number of hydrogen-bond acceptors (Lipinski definition) is 4. The predicted octanol–water partition coefficient (Wildman–Crippen LogP) is 5.04. The molecule has 1 aliphatic rings. The molecule has 5 nitrogen and oxygen atoms in total. The molecule has 29 heavy (non-hydrogen) atoms. The summed E-state index contributed by atoms with van der Waals surface area (Å²) in [5, 5.41) is 3.48. The molecular weight excluding hydrogens is 384 g/mol. The molecule has 0 spiro atoms. The van der Waals surface area contributed by atoms with Gasteiger partial charge in [0.2, 0.25) is 0 Å². The van der Waals surface area contributed by atoms with Crippen molar-refractivity contribution in [2.45, 2.75) is 53.4 Å². The molecule has 0 radical (unpaired) electrons. The van der Waals surface area contributed by atoms with Gasteiger partial charge in [-0.1, -0.05) is 27.7 Å². The van der Waals surface area contributed by atoms with Crippen molar-refractivity contribution in [2.24, 2.45) is 17.1 Å². The van der Waals surface area contributed by atoms with Crippen molar-refractivity contribution >= 4 is 28.2 Å². The molecule has 0 aliphatic heterocycles. The maximum Gasteiger partial charge on any atom is 0.256 e. The molecule has 6 heteroatoms. The van der Waals surface area contributed by atoms with Crippen LogP contribution in [0.1, 0.15) is 71.7 Å². The molecule has 1 aromatic heterocycles. The largest absolute Gasteiger partial charge is 0.494 e. The molecular formula is C23H30N2O3S. The van der Waals surface area contributed by atoms with Gasteiger partial charge in [-0.3, -0.25) is 9.59 Å². The molecule has 3 rings (SSSR count). The Labute approximate surface area is 176 Å². The lowest BCUT2D eigenvalue weighted by molar-refractivity contribution is 0.1000. The number of ether oxygens (including phenoxy) is 1. The van der Waals surface area contributed by atoms with E-state index in [-0.39, 0.29) is 11.3 Å². The van der Waals surface area contributed by atoms with Gasteiger partial charge < -0.3 is 15.8 Å². The van der Waals surface area contributed by atoms with Crippen LogP contribution < -0.4 is 15.8 Å². The number of carbonyl (C=O) groups is 2. The van der Waals surface area contributed by atoms with Gasteiger partial charge in [0.15, 0.2) is 0 Å². The number of fused-ring (bicyclic) bond motifs is 1. The second kappa shape index (κ2) is 8.57. The van der Waals surface area contributed by atoms with E-state index >= 15 is 0 Å². The van der Waals surface area contributed by atoms with Gasteiger partial charge in [-0.15, -0.1) is 11.3 Å². The van der Waals surface area contributed by atoms with Crippen molar-refractivity contribution in [1.82, 2.24) is 0 Å². The Balaban J connectivity index is 1.81. The zero-order chi connectivity index (χ0) is 21.2. The van der Waals surface area contributed by atoms with Crippen LogP contribution in [0.3, 0.4) is 0 Å². The SMILES string of the molecule is CCCOc1ccc(C(=O)Nc2sc3c(c2C(N)=O)CC[C@@H](C(C)(C)C)C3)cc1. The monoisotopic (exact) mass is 414 g/mol. The lowest BCUT2D eigenvalue weighted by Crippen LogP contribution is -2.27. The summed E-state index contributed by atoms with van der Waals surface area (Å²) in [6, 6.07) is 7.03. The van der Waals surface area contributed by atoms with E-state index in [9.17, 15) is 9.59 Å². The van der Waals surface area contributed by atoms with Gasteiger partial charge in [0.25, 0.3) is 11.8 Å². The van der Waals surface area contributed by atoms with Crippen molar-refractivity contribution < 1.29 is 14.3 Å². The number of primary amides is 1. The summed E-state index contributed by atoms with van der Waals surface area (Å²) in [7, 11) is 0. The minimum absolute atomic E-state index is 0.208. The summed E-state index contributed by atoms with van der Waals surface area (Å²) in [6.07, 6.45) is 3.70.